The number of nitrogens with zero attached hydrogens (tertiary/aromatic N) is 3. The fourth-order valence-corrected chi connectivity index (χ4v) is 1.11. The largest absolute Gasteiger partial charge is 0.285 e. The van der Waals surface area contributed by atoms with Crippen LogP contribution in [0.2, 0.25) is 0 Å². The Labute approximate surface area is 74.9 Å². The molecule has 0 radical (unpaired) electrons. The fourth-order valence-electron chi connectivity index (χ4n) is 1.11. The summed E-state index contributed by atoms with van der Waals surface area (Å²) in [5, 5.41) is 15.3. The lowest BCUT2D eigenvalue weighted by molar-refractivity contribution is 1.09. The van der Waals surface area contributed by atoms with Gasteiger partial charge in [-0.3, -0.25) is 10.1 Å². The molecule has 13 heavy (non-hydrogen) atoms. The van der Waals surface area contributed by atoms with E-state index in [9.17, 15) is 0 Å². The molecule has 0 saturated carbocycles. The Hall–Kier alpha value is -2.15. The lowest BCUT2D eigenvalue weighted by Crippen LogP contribution is -1.85. The molecule has 0 amide bonds. The predicted octanol–water partition coefficient (Wildman–Crippen LogP) is 1.34. The van der Waals surface area contributed by atoms with Gasteiger partial charge in [0.25, 0.3) is 0 Å². The van der Waals surface area contributed by atoms with Crippen LogP contribution in [0, 0.1) is 11.3 Å². The highest BCUT2D eigenvalue weighted by atomic mass is 15.1. The average molecular weight is 170 g/mol. The van der Waals surface area contributed by atoms with Crippen LogP contribution >= 0.6 is 0 Å². The smallest absolute Gasteiger partial charge is 0.101 e. The van der Waals surface area contributed by atoms with Crippen LogP contribution in [-0.2, 0) is 0 Å². The van der Waals surface area contributed by atoms with Gasteiger partial charge in [-0.25, -0.2) is 0 Å². The zero-order valence-corrected chi connectivity index (χ0v) is 6.73. The van der Waals surface area contributed by atoms with Gasteiger partial charge in [0.15, 0.2) is 0 Å². The number of rotatable bonds is 1. The van der Waals surface area contributed by atoms with Crippen molar-refractivity contribution in [1.82, 2.24) is 15.2 Å². The minimum Gasteiger partial charge on any atom is -0.285 e. The van der Waals surface area contributed by atoms with Gasteiger partial charge in [0.1, 0.15) is 6.07 Å². The molecule has 4 heteroatoms. The predicted molar refractivity (Wildman–Crippen MR) is 46.5 cm³/mol. The Bertz CT molecular complexity index is 439. The molecular weight excluding hydrogens is 164 g/mol. The molecule has 1 N–H and O–H groups in total. The SMILES string of the molecule is N#Cc1cccnc1-c1cn[nH]c1. The fraction of sp³-hybridized carbons (Fsp3) is 0. The minimum atomic E-state index is 0.559. The van der Waals surface area contributed by atoms with Gasteiger partial charge >= 0.3 is 0 Å². The van der Waals surface area contributed by atoms with Crippen molar-refractivity contribution in [3.05, 3.63) is 36.3 Å². The minimum absolute atomic E-state index is 0.559. The highest BCUT2D eigenvalue weighted by Crippen LogP contribution is 2.18. The van der Waals surface area contributed by atoms with Crippen molar-refractivity contribution < 1.29 is 0 Å². The molecule has 0 unspecified atom stereocenters. The summed E-state index contributed by atoms with van der Waals surface area (Å²) in [4.78, 5) is 4.11. The summed E-state index contributed by atoms with van der Waals surface area (Å²) in [5.74, 6) is 0. The second kappa shape index (κ2) is 3.07. The summed E-state index contributed by atoms with van der Waals surface area (Å²) in [6, 6.07) is 5.55. The van der Waals surface area contributed by atoms with E-state index >= 15 is 0 Å². The van der Waals surface area contributed by atoms with E-state index in [1.807, 2.05) is 0 Å². The van der Waals surface area contributed by atoms with Crippen LogP contribution in [0.4, 0.5) is 0 Å². The summed E-state index contributed by atoms with van der Waals surface area (Å²) in [6.07, 6.45) is 5.01. The number of pyridine rings is 1. The Kier molecular flexibility index (Phi) is 1.77. The molecular formula is C9H6N4. The average Bonchev–Trinajstić information content (AvgIpc) is 2.70. The summed E-state index contributed by atoms with van der Waals surface area (Å²) in [7, 11) is 0. The number of hydrogen-bond donors (Lipinski definition) is 1. The first-order chi connectivity index (χ1) is 6.42. The van der Waals surface area contributed by atoms with Gasteiger partial charge in [-0.15, -0.1) is 0 Å². The Morgan fingerprint density at radius 1 is 1.46 bits per heavy atom. The summed E-state index contributed by atoms with van der Waals surface area (Å²) in [6.45, 7) is 0. The van der Waals surface area contributed by atoms with Gasteiger partial charge in [-0.05, 0) is 12.1 Å². The standard InChI is InChI=1S/C9H6N4/c10-4-7-2-1-3-11-9(7)8-5-12-13-6-8/h1-3,5-6H,(H,12,13). The van der Waals surface area contributed by atoms with Crippen molar-refractivity contribution in [2.75, 3.05) is 0 Å². The van der Waals surface area contributed by atoms with E-state index in [1.54, 1.807) is 30.7 Å². The number of hydrogen-bond acceptors (Lipinski definition) is 3. The third-order valence-corrected chi connectivity index (χ3v) is 1.70. The van der Waals surface area contributed by atoms with Crippen molar-refractivity contribution in [3.8, 4) is 17.3 Å². The van der Waals surface area contributed by atoms with Gasteiger partial charge in [0.05, 0.1) is 17.5 Å². The summed E-state index contributed by atoms with van der Waals surface area (Å²) >= 11 is 0. The van der Waals surface area contributed by atoms with Crippen LogP contribution < -0.4 is 0 Å². The van der Waals surface area contributed by atoms with Crippen LogP contribution in [0.3, 0.4) is 0 Å². The van der Waals surface area contributed by atoms with Crippen LogP contribution in [-0.4, -0.2) is 15.2 Å². The highest BCUT2D eigenvalue weighted by molar-refractivity contribution is 5.64. The maximum Gasteiger partial charge on any atom is 0.101 e. The second-order valence-corrected chi connectivity index (χ2v) is 2.50. The van der Waals surface area contributed by atoms with Crippen LogP contribution in [0.5, 0.6) is 0 Å². The van der Waals surface area contributed by atoms with Crippen molar-refractivity contribution >= 4 is 0 Å². The molecule has 2 heterocycles. The number of H-pyrrole nitrogens is 1. The van der Waals surface area contributed by atoms with Crippen LogP contribution in [0.25, 0.3) is 11.3 Å². The first-order valence-electron chi connectivity index (χ1n) is 3.76. The van der Waals surface area contributed by atoms with Gasteiger partial charge in [-0.1, -0.05) is 0 Å². The molecule has 62 valence electrons. The van der Waals surface area contributed by atoms with E-state index in [4.69, 9.17) is 5.26 Å². The van der Waals surface area contributed by atoms with Gasteiger partial charge in [-0.2, -0.15) is 10.4 Å². The monoisotopic (exact) mass is 170 g/mol. The molecule has 0 aliphatic carbocycles. The Balaban J connectivity index is 2.59. The first-order valence-corrected chi connectivity index (χ1v) is 3.76. The summed E-state index contributed by atoms with van der Waals surface area (Å²) < 4.78 is 0. The maximum atomic E-state index is 8.80. The van der Waals surface area contributed by atoms with Crippen LogP contribution in [0.15, 0.2) is 30.7 Å². The Morgan fingerprint density at radius 3 is 3.08 bits per heavy atom. The molecule has 4 nitrogen and oxygen atoms in total. The summed E-state index contributed by atoms with van der Waals surface area (Å²) in [5.41, 5.74) is 2.06. The lowest BCUT2D eigenvalue weighted by Gasteiger charge is -1.96. The number of nitrogens with one attached hydrogen (secondary N) is 1. The molecule has 0 saturated heterocycles. The third-order valence-electron chi connectivity index (χ3n) is 1.70. The normalized spacial score (nSPS) is 9.46. The highest BCUT2D eigenvalue weighted by Gasteiger charge is 2.05. The van der Waals surface area contributed by atoms with Crippen molar-refractivity contribution in [2.24, 2.45) is 0 Å². The van der Waals surface area contributed by atoms with Crippen molar-refractivity contribution in [3.63, 3.8) is 0 Å². The molecule has 0 atom stereocenters. The lowest BCUT2D eigenvalue weighted by atomic mass is 10.1. The first kappa shape index (κ1) is 7.50. The number of nitriles is 1. The van der Waals surface area contributed by atoms with Gasteiger partial charge < -0.3 is 0 Å². The number of aromatic amines is 1. The third kappa shape index (κ3) is 1.27. The maximum absolute atomic E-state index is 8.80. The number of aromatic nitrogens is 3. The van der Waals surface area contributed by atoms with E-state index < -0.39 is 0 Å². The molecule has 0 bridgehead atoms. The molecule has 0 aromatic carbocycles. The molecule has 2 aromatic rings. The molecule has 0 spiro atoms. The molecule has 2 rings (SSSR count). The molecule has 2 aromatic heterocycles. The second-order valence-electron chi connectivity index (χ2n) is 2.50. The van der Waals surface area contributed by atoms with Crippen molar-refractivity contribution in [2.45, 2.75) is 0 Å². The van der Waals surface area contributed by atoms with Gasteiger partial charge in [0, 0.05) is 18.0 Å². The zero-order chi connectivity index (χ0) is 9.10. The van der Waals surface area contributed by atoms with E-state index in [-0.39, 0.29) is 0 Å². The van der Waals surface area contributed by atoms with E-state index in [0.717, 1.165) is 5.56 Å². The molecule has 0 aliphatic heterocycles. The topological polar surface area (TPSA) is 65.4 Å². The van der Waals surface area contributed by atoms with E-state index in [2.05, 4.69) is 21.3 Å². The Morgan fingerprint density at radius 2 is 2.38 bits per heavy atom. The van der Waals surface area contributed by atoms with E-state index in [1.165, 1.54) is 0 Å². The quantitative estimate of drug-likeness (QED) is 0.702. The van der Waals surface area contributed by atoms with Crippen LogP contribution in [0.1, 0.15) is 5.56 Å². The molecule has 0 aliphatic rings. The van der Waals surface area contributed by atoms with E-state index in [0.29, 0.717) is 11.3 Å². The molecule has 0 fully saturated rings. The zero-order valence-electron chi connectivity index (χ0n) is 6.73. The van der Waals surface area contributed by atoms with Crippen molar-refractivity contribution in [1.29, 1.82) is 5.26 Å². The van der Waals surface area contributed by atoms with Gasteiger partial charge in [0.2, 0.25) is 0 Å².